The van der Waals surface area contributed by atoms with Crippen LogP contribution in [0.3, 0.4) is 0 Å². The maximum Gasteiger partial charge on any atom is 0.185 e. The van der Waals surface area contributed by atoms with Crippen molar-refractivity contribution in [2.45, 2.75) is 13.8 Å². The van der Waals surface area contributed by atoms with E-state index in [0.717, 1.165) is 11.1 Å². The van der Waals surface area contributed by atoms with Crippen molar-refractivity contribution in [3.05, 3.63) is 70.8 Å². The number of benzene rings is 2. The zero-order valence-electron chi connectivity index (χ0n) is 12.0. The fourth-order valence-electron chi connectivity index (χ4n) is 2.05. The second-order valence-electron chi connectivity index (χ2n) is 4.85. The Labute approximate surface area is 119 Å². The molecule has 2 nitrogen and oxygen atoms in total. The number of carbonyl (C=O) groups excluding carboxylic acids is 1. The molecule has 2 aromatic rings. The molecule has 2 aromatic carbocycles. The first kappa shape index (κ1) is 14.1. The monoisotopic (exact) mass is 266 g/mol. The first-order chi connectivity index (χ1) is 9.58. The smallest absolute Gasteiger partial charge is 0.185 e. The summed E-state index contributed by atoms with van der Waals surface area (Å²) in [7, 11) is 1.60. The average Bonchev–Trinajstić information content (AvgIpc) is 2.44. The van der Waals surface area contributed by atoms with Gasteiger partial charge in [0.1, 0.15) is 5.75 Å². The minimum atomic E-state index is -0.0199. The number of allylic oxidation sites excluding steroid dienone is 1. The zero-order chi connectivity index (χ0) is 14.5. The molecule has 0 fully saturated rings. The van der Waals surface area contributed by atoms with E-state index >= 15 is 0 Å². The van der Waals surface area contributed by atoms with Crippen LogP contribution in [0.2, 0.25) is 0 Å². The molecular weight excluding hydrogens is 248 g/mol. The Hall–Kier alpha value is -2.35. The summed E-state index contributed by atoms with van der Waals surface area (Å²) in [6, 6.07) is 13.6. The summed E-state index contributed by atoms with van der Waals surface area (Å²) in [5.41, 5.74) is 3.86. The summed E-state index contributed by atoms with van der Waals surface area (Å²) in [5, 5.41) is 0. The molecule has 0 unspecified atom stereocenters. The SMILES string of the molecule is COc1cc(C)cc(C(=O)/C=C/c2cccc(C)c2)c1. The number of hydrogen-bond acceptors (Lipinski definition) is 2. The van der Waals surface area contributed by atoms with Crippen LogP contribution in [0.4, 0.5) is 0 Å². The molecule has 0 aliphatic rings. The third kappa shape index (κ3) is 3.58. The van der Waals surface area contributed by atoms with Crippen molar-refractivity contribution in [2.24, 2.45) is 0 Å². The Morgan fingerprint density at radius 3 is 2.55 bits per heavy atom. The molecule has 0 radical (unpaired) electrons. The van der Waals surface area contributed by atoms with E-state index in [2.05, 4.69) is 0 Å². The van der Waals surface area contributed by atoms with Crippen LogP contribution in [0.15, 0.2) is 48.5 Å². The quantitative estimate of drug-likeness (QED) is 0.612. The molecule has 0 bridgehead atoms. The molecule has 102 valence electrons. The number of carbonyl (C=O) groups is 1. The lowest BCUT2D eigenvalue weighted by Gasteiger charge is -2.04. The zero-order valence-corrected chi connectivity index (χ0v) is 12.0. The number of ether oxygens (including phenoxy) is 1. The van der Waals surface area contributed by atoms with E-state index in [1.165, 1.54) is 5.56 Å². The van der Waals surface area contributed by atoms with Crippen LogP contribution in [0.25, 0.3) is 6.08 Å². The van der Waals surface area contributed by atoms with Gasteiger partial charge in [0.15, 0.2) is 5.78 Å². The Balaban J connectivity index is 2.22. The van der Waals surface area contributed by atoms with E-state index in [0.29, 0.717) is 11.3 Å². The van der Waals surface area contributed by atoms with Crippen molar-refractivity contribution in [3.8, 4) is 5.75 Å². The highest BCUT2D eigenvalue weighted by Gasteiger charge is 2.05. The van der Waals surface area contributed by atoms with Crippen molar-refractivity contribution in [3.63, 3.8) is 0 Å². The van der Waals surface area contributed by atoms with Gasteiger partial charge >= 0.3 is 0 Å². The van der Waals surface area contributed by atoms with E-state index < -0.39 is 0 Å². The van der Waals surface area contributed by atoms with Gasteiger partial charge in [-0.15, -0.1) is 0 Å². The summed E-state index contributed by atoms with van der Waals surface area (Å²) in [4.78, 5) is 12.2. The Kier molecular flexibility index (Phi) is 4.36. The van der Waals surface area contributed by atoms with Crippen LogP contribution in [-0.2, 0) is 0 Å². The fraction of sp³-hybridized carbons (Fsp3) is 0.167. The summed E-state index contributed by atoms with van der Waals surface area (Å²) >= 11 is 0. The molecule has 2 rings (SSSR count). The Morgan fingerprint density at radius 2 is 1.85 bits per heavy atom. The first-order valence-corrected chi connectivity index (χ1v) is 6.53. The minimum Gasteiger partial charge on any atom is -0.497 e. The van der Waals surface area contributed by atoms with Gasteiger partial charge in [-0.25, -0.2) is 0 Å². The predicted octanol–water partition coefficient (Wildman–Crippen LogP) is 4.21. The van der Waals surface area contributed by atoms with Gasteiger partial charge in [-0.1, -0.05) is 35.9 Å². The molecule has 0 N–H and O–H groups in total. The molecule has 0 spiro atoms. The molecular formula is C18H18O2. The molecule has 0 amide bonds. The van der Waals surface area contributed by atoms with E-state index in [4.69, 9.17) is 4.74 Å². The van der Waals surface area contributed by atoms with Gasteiger partial charge in [-0.05, 0) is 49.2 Å². The second kappa shape index (κ2) is 6.20. The van der Waals surface area contributed by atoms with Crippen molar-refractivity contribution in [1.29, 1.82) is 0 Å². The van der Waals surface area contributed by atoms with Crippen LogP contribution >= 0.6 is 0 Å². The van der Waals surface area contributed by atoms with E-state index in [9.17, 15) is 4.79 Å². The number of aryl methyl sites for hydroxylation is 2. The van der Waals surface area contributed by atoms with Crippen LogP contribution in [0, 0.1) is 13.8 Å². The molecule has 0 aromatic heterocycles. The molecule has 0 aliphatic carbocycles. The van der Waals surface area contributed by atoms with Crippen molar-refractivity contribution >= 4 is 11.9 Å². The summed E-state index contributed by atoms with van der Waals surface area (Å²) in [6.45, 7) is 3.98. The minimum absolute atomic E-state index is 0.0199. The molecule has 20 heavy (non-hydrogen) atoms. The Morgan fingerprint density at radius 1 is 1.05 bits per heavy atom. The molecule has 0 atom stereocenters. The lowest BCUT2D eigenvalue weighted by atomic mass is 10.1. The van der Waals surface area contributed by atoms with Crippen molar-refractivity contribution in [1.82, 2.24) is 0 Å². The highest BCUT2D eigenvalue weighted by molar-refractivity contribution is 6.07. The maximum atomic E-state index is 12.2. The highest BCUT2D eigenvalue weighted by atomic mass is 16.5. The molecule has 0 saturated heterocycles. The molecule has 0 heterocycles. The summed E-state index contributed by atoms with van der Waals surface area (Å²) < 4.78 is 5.19. The van der Waals surface area contributed by atoms with Gasteiger partial charge in [-0.2, -0.15) is 0 Å². The van der Waals surface area contributed by atoms with Gasteiger partial charge in [0, 0.05) is 5.56 Å². The number of rotatable bonds is 4. The third-order valence-electron chi connectivity index (χ3n) is 3.04. The largest absolute Gasteiger partial charge is 0.497 e. The summed E-state index contributed by atoms with van der Waals surface area (Å²) in [6.07, 6.45) is 3.44. The third-order valence-corrected chi connectivity index (χ3v) is 3.04. The van der Waals surface area contributed by atoms with Gasteiger partial charge < -0.3 is 4.74 Å². The van der Waals surface area contributed by atoms with Crippen molar-refractivity contribution < 1.29 is 9.53 Å². The fourth-order valence-corrected chi connectivity index (χ4v) is 2.05. The normalized spacial score (nSPS) is 10.8. The van der Waals surface area contributed by atoms with E-state index in [-0.39, 0.29) is 5.78 Å². The summed E-state index contributed by atoms with van der Waals surface area (Å²) in [5.74, 6) is 0.686. The van der Waals surface area contributed by atoms with Gasteiger partial charge in [0.2, 0.25) is 0 Å². The maximum absolute atomic E-state index is 12.2. The second-order valence-corrected chi connectivity index (χ2v) is 4.85. The molecule has 0 aliphatic heterocycles. The molecule has 0 saturated carbocycles. The van der Waals surface area contributed by atoms with E-state index in [1.807, 2.05) is 56.3 Å². The predicted molar refractivity (Wildman–Crippen MR) is 82.3 cm³/mol. The lowest BCUT2D eigenvalue weighted by molar-refractivity contribution is 0.104. The Bertz CT molecular complexity index is 654. The lowest BCUT2D eigenvalue weighted by Crippen LogP contribution is -1.96. The van der Waals surface area contributed by atoms with Crippen molar-refractivity contribution in [2.75, 3.05) is 7.11 Å². The van der Waals surface area contributed by atoms with Gasteiger partial charge in [-0.3, -0.25) is 4.79 Å². The topological polar surface area (TPSA) is 26.3 Å². The van der Waals surface area contributed by atoms with Crippen LogP contribution in [-0.4, -0.2) is 12.9 Å². The standard InChI is InChI=1S/C18H18O2/c1-13-5-4-6-15(9-13)7-8-18(19)16-10-14(2)11-17(12-16)20-3/h4-12H,1-3H3/b8-7+. The van der Waals surface area contributed by atoms with Gasteiger partial charge in [0.05, 0.1) is 7.11 Å². The number of methoxy groups -OCH3 is 1. The number of ketones is 1. The highest BCUT2D eigenvalue weighted by Crippen LogP contribution is 2.17. The first-order valence-electron chi connectivity index (χ1n) is 6.53. The molecule has 2 heteroatoms. The van der Waals surface area contributed by atoms with Gasteiger partial charge in [0.25, 0.3) is 0 Å². The van der Waals surface area contributed by atoms with Crippen LogP contribution in [0.5, 0.6) is 5.75 Å². The van der Waals surface area contributed by atoms with Crippen LogP contribution in [0.1, 0.15) is 27.0 Å². The van der Waals surface area contributed by atoms with E-state index in [1.54, 1.807) is 19.3 Å². The number of hydrogen-bond donors (Lipinski definition) is 0. The average molecular weight is 266 g/mol. The van der Waals surface area contributed by atoms with Crippen LogP contribution < -0.4 is 4.74 Å².